The molecule has 0 unspecified atom stereocenters. The number of hydrogen-bond donors (Lipinski definition) is 1. The number of carbonyl (C=O) groups is 1. The maximum absolute atomic E-state index is 11.8. The molecule has 2 rings (SSSR count). The van der Waals surface area contributed by atoms with Gasteiger partial charge in [-0.1, -0.05) is 17.3 Å². The van der Waals surface area contributed by atoms with E-state index in [9.17, 15) is 4.79 Å². The number of aryl methyl sites for hydroxylation is 1. The van der Waals surface area contributed by atoms with E-state index in [1.807, 2.05) is 14.1 Å². The summed E-state index contributed by atoms with van der Waals surface area (Å²) in [7, 11) is 4.02. The molecule has 0 spiro atoms. The van der Waals surface area contributed by atoms with Gasteiger partial charge in [0.1, 0.15) is 5.76 Å². The fourth-order valence-corrected chi connectivity index (χ4v) is 1.85. The van der Waals surface area contributed by atoms with Crippen molar-refractivity contribution >= 4 is 11.6 Å². The average Bonchev–Trinajstić information content (AvgIpc) is 2.86. The fourth-order valence-electron chi connectivity index (χ4n) is 1.85. The predicted molar refractivity (Wildman–Crippen MR) is 78.0 cm³/mol. The molecule has 1 aromatic carbocycles. The highest BCUT2D eigenvalue weighted by atomic mass is 16.5. The lowest BCUT2D eigenvalue weighted by atomic mass is 10.1. The maximum atomic E-state index is 11.8. The van der Waals surface area contributed by atoms with Crippen LogP contribution in [-0.4, -0.2) is 31.7 Å². The summed E-state index contributed by atoms with van der Waals surface area (Å²) in [6.45, 7) is 2.34. The number of nitrogens with zero attached hydrogens (tertiary/aromatic N) is 2. The summed E-state index contributed by atoms with van der Waals surface area (Å²) in [6.07, 6.45) is 0.788. The lowest BCUT2D eigenvalue weighted by molar-refractivity contribution is 0.0945. The third kappa shape index (κ3) is 3.60. The van der Waals surface area contributed by atoms with Gasteiger partial charge in [0.15, 0.2) is 5.69 Å². The molecule has 106 valence electrons. The maximum Gasteiger partial charge on any atom is 0.273 e. The number of nitrogens with one attached hydrogen (secondary N) is 1. The molecule has 20 heavy (non-hydrogen) atoms. The van der Waals surface area contributed by atoms with Crippen LogP contribution in [0.25, 0.3) is 0 Å². The molecule has 1 amide bonds. The van der Waals surface area contributed by atoms with Gasteiger partial charge in [-0.05, 0) is 31.0 Å². The Kier molecular flexibility index (Phi) is 4.40. The number of aromatic nitrogens is 1. The molecule has 0 radical (unpaired) electrons. The van der Waals surface area contributed by atoms with Crippen molar-refractivity contribution in [1.82, 2.24) is 10.5 Å². The van der Waals surface area contributed by atoms with Crippen LogP contribution < -0.4 is 10.2 Å². The molecule has 0 atom stereocenters. The molecule has 0 saturated heterocycles. The Morgan fingerprint density at radius 2 is 2.00 bits per heavy atom. The van der Waals surface area contributed by atoms with E-state index in [1.165, 1.54) is 5.56 Å². The number of benzene rings is 1. The van der Waals surface area contributed by atoms with Gasteiger partial charge in [0, 0.05) is 32.4 Å². The summed E-state index contributed by atoms with van der Waals surface area (Å²) < 4.78 is 4.87. The largest absolute Gasteiger partial charge is 0.378 e. The normalized spacial score (nSPS) is 10.3. The van der Waals surface area contributed by atoms with Crippen molar-refractivity contribution in [2.24, 2.45) is 0 Å². The van der Waals surface area contributed by atoms with Crippen LogP contribution in [0.2, 0.25) is 0 Å². The second-order valence-electron chi connectivity index (χ2n) is 4.89. The van der Waals surface area contributed by atoms with Gasteiger partial charge in [0.25, 0.3) is 5.91 Å². The summed E-state index contributed by atoms with van der Waals surface area (Å²) in [5.74, 6) is 0.432. The van der Waals surface area contributed by atoms with Crippen LogP contribution in [0.3, 0.4) is 0 Å². The Morgan fingerprint density at radius 1 is 1.30 bits per heavy atom. The first-order valence-electron chi connectivity index (χ1n) is 6.54. The molecular formula is C15H19N3O2. The summed E-state index contributed by atoms with van der Waals surface area (Å²) >= 11 is 0. The van der Waals surface area contributed by atoms with Crippen LogP contribution in [0.15, 0.2) is 34.9 Å². The van der Waals surface area contributed by atoms with Crippen molar-refractivity contribution in [1.29, 1.82) is 0 Å². The molecule has 1 heterocycles. The van der Waals surface area contributed by atoms with Gasteiger partial charge in [0.2, 0.25) is 0 Å². The Labute approximate surface area is 118 Å². The van der Waals surface area contributed by atoms with E-state index in [-0.39, 0.29) is 5.91 Å². The smallest absolute Gasteiger partial charge is 0.273 e. The molecule has 5 heteroatoms. The van der Waals surface area contributed by atoms with Crippen molar-refractivity contribution in [2.45, 2.75) is 13.3 Å². The van der Waals surface area contributed by atoms with Crippen LogP contribution in [0.1, 0.15) is 21.8 Å². The zero-order valence-corrected chi connectivity index (χ0v) is 12.0. The van der Waals surface area contributed by atoms with Gasteiger partial charge in [-0.25, -0.2) is 0 Å². The molecule has 0 aliphatic rings. The Morgan fingerprint density at radius 3 is 2.55 bits per heavy atom. The lowest BCUT2D eigenvalue weighted by Gasteiger charge is -2.12. The van der Waals surface area contributed by atoms with Crippen molar-refractivity contribution in [3.8, 4) is 0 Å². The van der Waals surface area contributed by atoms with Crippen molar-refractivity contribution in [3.63, 3.8) is 0 Å². The predicted octanol–water partition coefficient (Wildman–Crippen LogP) is 2.02. The molecule has 0 fully saturated rings. The van der Waals surface area contributed by atoms with E-state index in [0.29, 0.717) is 18.0 Å². The number of amides is 1. The highest BCUT2D eigenvalue weighted by Crippen LogP contribution is 2.12. The zero-order valence-electron chi connectivity index (χ0n) is 12.0. The van der Waals surface area contributed by atoms with Crippen LogP contribution >= 0.6 is 0 Å². The van der Waals surface area contributed by atoms with Crippen LogP contribution in [0, 0.1) is 6.92 Å². The molecular weight excluding hydrogens is 254 g/mol. The standard InChI is InChI=1S/C15H19N3O2/c1-11-10-14(17-20-11)15(19)16-9-8-12-4-6-13(7-5-12)18(2)3/h4-7,10H,8-9H2,1-3H3,(H,16,19). The minimum atomic E-state index is -0.202. The minimum Gasteiger partial charge on any atom is -0.378 e. The van der Waals surface area contributed by atoms with E-state index in [1.54, 1.807) is 13.0 Å². The summed E-state index contributed by atoms with van der Waals surface area (Å²) in [5, 5.41) is 6.51. The molecule has 0 aliphatic carbocycles. The fraction of sp³-hybridized carbons (Fsp3) is 0.333. The summed E-state index contributed by atoms with van der Waals surface area (Å²) in [5.41, 5.74) is 2.67. The Hall–Kier alpha value is -2.30. The molecule has 2 aromatic rings. The van der Waals surface area contributed by atoms with E-state index < -0.39 is 0 Å². The van der Waals surface area contributed by atoms with E-state index in [4.69, 9.17) is 4.52 Å². The highest BCUT2D eigenvalue weighted by molar-refractivity contribution is 5.92. The molecule has 5 nitrogen and oxygen atoms in total. The molecule has 0 bridgehead atoms. The topological polar surface area (TPSA) is 58.4 Å². The molecule has 1 aromatic heterocycles. The van der Waals surface area contributed by atoms with E-state index in [0.717, 1.165) is 12.1 Å². The van der Waals surface area contributed by atoms with Gasteiger partial charge in [-0.3, -0.25) is 4.79 Å². The van der Waals surface area contributed by atoms with Gasteiger partial charge in [-0.2, -0.15) is 0 Å². The van der Waals surface area contributed by atoms with Gasteiger partial charge >= 0.3 is 0 Å². The van der Waals surface area contributed by atoms with Crippen molar-refractivity contribution < 1.29 is 9.32 Å². The van der Waals surface area contributed by atoms with Crippen molar-refractivity contribution in [3.05, 3.63) is 47.3 Å². The number of hydrogen-bond acceptors (Lipinski definition) is 4. The van der Waals surface area contributed by atoms with Crippen LogP contribution in [0.5, 0.6) is 0 Å². The third-order valence-corrected chi connectivity index (χ3v) is 3.01. The highest BCUT2D eigenvalue weighted by Gasteiger charge is 2.09. The number of anilines is 1. The second kappa shape index (κ2) is 6.23. The SMILES string of the molecule is Cc1cc(C(=O)NCCc2ccc(N(C)C)cc2)no1. The second-order valence-corrected chi connectivity index (χ2v) is 4.89. The average molecular weight is 273 g/mol. The van der Waals surface area contributed by atoms with Gasteiger partial charge in [-0.15, -0.1) is 0 Å². The van der Waals surface area contributed by atoms with Crippen LogP contribution in [0.4, 0.5) is 5.69 Å². The summed E-state index contributed by atoms with van der Waals surface area (Å²) in [4.78, 5) is 13.8. The van der Waals surface area contributed by atoms with E-state index in [2.05, 4.69) is 39.6 Å². The van der Waals surface area contributed by atoms with E-state index >= 15 is 0 Å². The first-order valence-corrected chi connectivity index (χ1v) is 6.54. The Bertz CT molecular complexity index is 573. The zero-order chi connectivity index (χ0) is 14.5. The quantitative estimate of drug-likeness (QED) is 0.905. The third-order valence-electron chi connectivity index (χ3n) is 3.01. The first kappa shape index (κ1) is 14.1. The monoisotopic (exact) mass is 273 g/mol. The lowest BCUT2D eigenvalue weighted by Crippen LogP contribution is -2.25. The minimum absolute atomic E-state index is 0.202. The van der Waals surface area contributed by atoms with Gasteiger partial charge < -0.3 is 14.7 Å². The first-order chi connectivity index (χ1) is 9.56. The molecule has 0 saturated carbocycles. The van der Waals surface area contributed by atoms with Crippen LogP contribution in [-0.2, 0) is 6.42 Å². The molecule has 1 N–H and O–H groups in total. The summed E-state index contributed by atoms with van der Waals surface area (Å²) in [6, 6.07) is 9.90. The Balaban J connectivity index is 1.82. The van der Waals surface area contributed by atoms with Crippen molar-refractivity contribution in [2.75, 3.05) is 25.5 Å². The molecule has 0 aliphatic heterocycles. The number of rotatable bonds is 5. The van der Waals surface area contributed by atoms with Gasteiger partial charge in [0.05, 0.1) is 0 Å². The number of carbonyl (C=O) groups excluding carboxylic acids is 1.